The van der Waals surface area contributed by atoms with E-state index in [0.717, 1.165) is 6.54 Å². The monoisotopic (exact) mass is 183 g/mol. The SMILES string of the molecule is CCN(OC)OC.c1ccccc1. The molecule has 74 valence electrons. The molecule has 0 atom stereocenters. The van der Waals surface area contributed by atoms with Crippen LogP contribution in [-0.2, 0) is 9.68 Å². The molecule has 1 aromatic carbocycles. The molecule has 3 heteroatoms. The summed E-state index contributed by atoms with van der Waals surface area (Å²) >= 11 is 0. The molecular formula is C10H17NO2. The van der Waals surface area contributed by atoms with E-state index in [-0.39, 0.29) is 0 Å². The molecule has 0 aliphatic carbocycles. The second-order valence-corrected chi connectivity index (χ2v) is 2.17. The van der Waals surface area contributed by atoms with Gasteiger partial charge < -0.3 is 0 Å². The lowest BCUT2D eigenvalue weighted by atomic mass is 10.4. The van der Waals surface area contributed by atoms with E-state index in [1.165, 1.54) is 5.23 Å². The van der Waals surface area contributed by atoms with E-state index in [2.05, 4.69) is 9.68 Å². The number of hydroxylamine groups is 2. The third-order valence-electron chi connectivity index (χ3n) is 1.33. The second kappa shape index (κ2) is 9.19. The van der Waals surface area contributed by atoms with Crippen LogP contribution in [0.5, 0.6) is 0 Å². The molecule has 0 radical (unpaired) electrons. The molecule has 0 spiro atoms. The standard InChI is InChI=1S/C6H6.C4H11NO2/c1-2-4-6-5-3-1;1-4-5(6-2)7-3/h1-6H;4H2,1-3H3. The predicted molar refractivity (Wildman–Crippen MR) is 52.8 cm³/mol. The fourth-order valence-electron chi connectivity index (χ4n) is 0.718. The molecule has 3 nitrogen and oxygen atoms in total. The van der Waals surface area contributed by atoms with Crippen molar-refractivity contribution in [3.05, 3.63) is 36.4 Å². The average Bonchev–Trinajstić information content (AvgIpc) is 2.24. The first-order chi connectivity index (χ1) is 6.35. The Morgan fingerprint density at radius 1 is 0.846 bits per heavy atom. The van der Waals surface area contributed by atoms with Gasteiger partial charge in [-0.05, 0) is 6.92 Å². The van der Waals surface area contributed by atoms with Crippen molar-refractivity contribution in [2.75, 3.05) is 20.8 Å². The van der Waals surface area contributed by atoms with Gasteiger partial charge in [-0.2, -0.15) is 0 Å². The molecule has 0 N–H and O–H groups in total. The lowest BCUT2D eigenvalue weighted by molar-refractivity contribution is -0.339. The fourth-order valence-corrected chi connectivity index (χ4v) is 0.718. The van der Waals surface area contributed by atoms with Gasteiger partial charge in [0.15, 0.2) is 0 Å². The summed E-state index contributed by atoms with van der Waals surface area (Å²) in [5.74, 6) is 0. The van der Waals surface area contributed by atoms with E-state index in [0.29, 0.717) is 0 Å². The summed E-state index contributed by atoms with van der Waals surface area (Å²) in [6, 6.07) is 12.0. The highest BCUT2D eigenvalue weighted by molar-refractivity contribution is 4.99. The summed E-state index contributed by atoms with van der Waals surface area (Å²) in [4.78, 5) is 9.32. The number of nitrogens with zero attached hydrogens (tertiary/aromatic N) is 1. The Morgan fingerprint density at radius 3 is 1.23 bits per heavy atom. The molecule has 0 unspecified atom stereocenters. The highest BCUT2D eigenvalue weighted by Crippen LogP contribution is 1.82. The van der Waals surface area contributed by atoms with Crippen LogP contribution >= 0.6 is 0 Å². The summed E-state index contributed by atoms with van der Waals surface area (Å²) in [6.07, 6.45) is 0. The first-order valence-corrected chi connectivity index (χ1v) is 4.20. The van der Waals surface area contributed by atoms with Crippen LogP contribution in [0.4, 0.5) is 0 Å². The van der Waals surface area contributed by atoms with Crippen LogP contribution in [0, 0.1) is 0 Å². The normalized spacial score (nSPS) is 9.23. The van der Waals surface area contributed by atoms with Crippen LogP contribution in [0.25, 0.3) is 0 Å². The smallest absolute Gasteiger partial charge is 0.0601 e. The van der Waals surface area contributed by atoms with Crippen LogP contribution in [0.3, 0.4) is 0 Å². The minimum Gasteiger partial charge on any atom is -0.278 e. The molecule has 0 aliphatic rings. The van der Waals surface area contributed by atoms with Crippen molar-refractivity contribution >= 4 is 0 Å². The topological polar surface area (TPSA) is 21.7 Å². The molecule has 0 bridgehead atoms. The minimum absolute atomic E-state index is 0.743. The van der Waals surface area contributed by atoms with E-state index in [1.807, 2.05) is 43.3 Å². The Bertz CT molecular complexity index is 143. The Hall–Kier alpha value is -0.900. The van der Waals surface area contributed by atoms with Gasteiger partial charge in [0.2, 0.25) is 0 Å². The summed E-state index contributed by atoms with van der Waals surface area (Å²) in [6.45, 7) is 2.68. The Labute approximate surface area is 79.8 Å². The quantitative estimate of drug-likeness (QED) is 0.670. The van der Waals surface area contributed by atoms with Gasteiger partial charge >= 0.3 is 0 Å². The van der Waals surface area contributed by atoms with Crippen molar-refractivity contribution in [1.29, 1.82) is 0 Å². The van der Waals surface area contributed by atoms with Crippen molar-refractivity contribution in [2.24, 2.45) is 0 Å². The molecule has 0 amide bonds. The van der Waals surface area contributed by atoms with Crippen molar-refractivity contribution in [3.63, 3.8) is 0 Å². The minimum atomic E-state index is 0.743. The lowest BCUT2D eigenvalue weighted by Crippen LogP contribution is -2.19. The van der Waals surface area contributed by atoms with Gasteiger partial charge in [0.1, 0.15) is 0 Å². The van der Waals surface area contributed by atoms with E-state index >= 15 is 0 Å². The van der Waals surface area contributed by atoms with Crippen LogP contribution in [0.1, 0.15) is 6.92 Å². The number of rotatable bonds is 3. The van der Waals surface area contributed by atoms with Crippen LogP contribution in [0.2, 0.25) is 0 Å². The van der Waals surface area contributed by atoms with E-state index in [9.17, 15) is 0 Å². The van der Waals surface area contributed by atoms with Gasteiger partial charge in [-0.15, -0.1) is 0 Å². The molecule has 0 aliphatic heterocycles. The van der Waals surface area contributed by atoms with Gasteiger partial charge in [-0.3, -0.25) is 9.68 Å². The summed E-state index contributed by atoms with van der Waals surface area (Å²) in [7, 11) is 3.12. The van der Waals surface area contributed by atoms with E-state index in [1.54, 1.807) is 14.2 Å². The maximum absolute atomic E-state index is 4.66. The van der Waals surface area contributed by atoms with Gasteiger partial charge in [-0.25, -0.2) is 0 Å². The molecular weight excluding hydrogens is 166 g/mol. The molecule has 0 aromatic heterocycles. The third kappa shape index (κ3) is 7.46. The second-order valence-electron chi connectivity index (χ2n) is 2.17. The maximum atomic E-state index is 4.66. The average molecular weight is 183 g/mol. The van der Waals surface area contributed by atoms with Crippen LogP contribution in [-0.4, -0.2) is 26.0 Å². The predicted octanol–water partition coefficient (Wildman–Crippen LogP) is 2.12. The fraction of sp³-hybridized carbons (Fsp3) is 0.400. The number of benzene rings is 1. The zero-order valence-corrected chi connectivity index (χ0v) is 8.43. The Balaban J connectivity index is 0.000000223. The molecule has 0 heterocycles. The molecule has 0 saturated carbocycles. The van der Waals surface area contributed by atoms with Gasteiger partial charge in [0, 0.05) is 6.54 Å². The zero-order chi connectivity index (χ0) is 9.94. The van der Waals surface area contributed by atoms with Gasteiger partial charge in [0.25, 0.3) is 0 Å². The molecule has 0 fully saturated rings. The van der Waals surface area contributed by atoms with E-state index in [4.69, 9.17) is 0 Å². The van der Waals surface area contributed by atoms with Crippen LogP contribution < -0.4 is 0 Å². The highest BCUT2D eigenvalue weighted by atomic mass is 16.9. The largest absolute Gasteiger partial charge is 0.278 e. The first kappa shape index (κ1) is 12.1. The van der Waals surface area contributed by atoms with Gasteiger partial charge in [-0.1, -0.05) is 41.6 Å². The summed E-state index contributed by atoms with van der Waals surface area (Å²) in [5.41, 5.74) is 0. The maximum Gasteiger partial charge on any atom is 0.0601 e. The third-order valence-corrected chi connectivity index (χ3v) is 1.33. The van der Waals surface area contributed by atoms with E-state index < -0.39 is 0 Å². The van der Waals surface area contributed by atoms with Crippen molar-refractivity contribution < 1.29 is 9.68 Å². The zero-order valence-electron chi connectivity index (χ0n) is 8.43. The summed E-state index contributed by atoms with van der Waals surface area (Å²) in [5, 5.41) is 1.38. The van der Waals surface area contributed by atoms with Crippen molar-refractivity contribution in [1.82, 2.24) is 5.23 Å². The lowest BCUT2D eigenvalue weighted by Gasteiger charge is -2.11. The van der Waals surface area contributed by atoms with Crippen LogP contribution in [0.15, 0.2) is 36.4 Å². The molecule has 0 saturated heterocycles. The Kier molecular flexibility index (Phi) is 8.55. The van der Waals surface area contributed by atoms with Crippen molar-refractivity contribution in [2.45, 2.75) is 6.92 Å². The van der Waals surface area contributed by atoms with Crippen molar-refractivity contribution in [3.8, 4) is 0 Å². The molecule has 1 rings (SSSR count). The molecule has 13 heavy (non-hydrogen) atoms. The number of hydrogen-bond donors (Lipinski definition) is 0. The Morgan fingerprint density at radius 2 is 1.15 bits per heavy atom. The van der Waals surface area contributed by atoms with Gasteiger partial charge in [0.05, 0.1) is 14.2 Å². The first-order valence-electron chi connectivity index (χ1n) is 4.20. The number of hydrogen-bond acceptors (Lipinski definition) is 3. The summed E-state index contributed by atoms with van der Waals surface area (Å²) < 4.78 is 0. The highest BCUT2D eigenvalue weighted by Gasteiger charge is 1.90. The molecule has 1 aromatic rings.